The molecule has 0 saturated heterocycles. The van der Waals surface area contributed by atoms with E-state index < -0.39 is 0 Å². The highest BCUT2D eigenvalue weighted by Gasteiger charge is 2.02. The first-order valence-electron chi connectivity index (χ1n) is 5.37. The average Bonchev–Trinajstić information content (AvgIpc) is 2.25. The Hall–Kier alpha value is -0.800. The maximum absolute atomic E-state index is 13.3. The van der Waals surface area contributed by atoms with Crippen LogP contribution in [0.3, 0.4) is 0 Å². The van der Waals surface area contributed by atoms with Gasteiger partial charge in [0.25, 0.3) is 0 Å². The van der Waals surface area contributed by atoms with Crippen molar-refractivity contribution in [1.82, 2.24) is 5.32 Å². The van der Waals surface area contributed by atoms with Crippen molar-refractivity contribution in [2.75, 3.05) is 12.3 Å². The van der Waals surface area contributed by atoms with Gasteiger partial charge in [0.1, 0.15) is 5.82 Å². The lowest BCUT2D eigenvalue weighted by molar-refractivity contribution is 0.602. The quantitative estimate of drug-likeness (QED) is 0.602. The minimum absolute atomic E-state index is 0.155. The van der Waals surface area contributed by atoms with Gasteiger partial charge in [0, 0.05) is 23.2 Å². The molecular formula is C13H18FNS. The number of hydrogen-bond acceptors (Lipinski definition) is 2. The maximum Gasteiger partial charge on any atom is 0.136 e. The molecule has 1 nitrogen and oxygen atoms in total. The van der Waals surface area contributed by atoms with E-state index in [2.05, 4.69) is 25.7 Å². The molecule has 0 fully saturated rings. The Morgan fingerprint density at radius 3 is 2.75 bits per heavy atom. The standard InChI is InChI=1S/C13H18FNS/c1-10(2)15-8-11(3)9-16-13-7-5-4-6-12(13)14/h4-7,10,15H,3,8-9H2,1-2H3. The normalized spacial score (nSPS) is 10.8. The summed E-state index contributed by atoms with van der Waals surface area (Å²) in [5.41, 5.74) is 1.09. The Labute approximate surface area is 101 Å². The predicted octanol–water partition coefficient (Wildman–Crippen LogP) is 3.47. The zero-order valence-electron chi connectivity index (χ0n) is 9.79. The van der Waals surface area contributed by atoms with Crippen molar-refractivity contribution in [3.8, 4) is 0 Å². The number of nitrogens with one attached hydrogen (secondary N) is 1. The lowest BCUT2D eigenvalue weighted by Gasteiger charge is -2.10. The van der Waals surface area contributed by atoms with Crippen molar-refractivity contribution in [3.05, 3.63) is 42.2 Å². The molecule has 0 aliphatic carbocycles. The van der Waals surface area contributed by atoms with Crippen molar-refractivity contribution in [2.45, 2.75) is 24.8 Å². The second-order valence-corrected chi connectivity index (χ2v) is 5.02. The van der Waals surface area contributed by atoms with Crippen LogP contribution in [0.5, 0.6) is 0 Å². The molecule has 0 heterocycles. The van der Waals surface area contributed by atoms with E-state index in [-0.39, 0.29) is 5.82 Å². The SMILES string of the molecule is C=C(CNC(C)C)CSc1ccccc1F. The van der Waals surface area contributed by atoms with E-state index in [1.54, 1.807) is 12.1 Å². The summed E-state index contributed by atoms with van der Waals surface area (Å²) >= 11 is 1.49. The fraction of sp³-hybridized carbons (Fsp3) is 0.385. The molecule has 0 aromatic heterocycles. The first-order chi connectivity index (χ1) is 7.59. The first kappa shape index (κ1) is 13.3. The van der Waals surface area contributed by atoms with Crippen LogP contribution in [-0.4, -0.2) is 18.3 Å². The molecule has 0 atom stereocenters. The van der Waals surface area contributed by atoms with Crippen molar-refractivity contribution < 1.29 is 4.39 Å². The molecule has 0 aliphatic rings. The van der Waals surface area contributed by atoms with Gasteiger partial charge in [-0.2, -0.15) is 0 Å². The van der Waals surface area contributed by atoms with Crippen LogP contribution in [0.15, 0.2) is 41.3 Å². The largest absolute Gasteiger partial charge is 0.311 e. The molecule has 16 heavy (non-hydrogen) atoms. The van der Waals surface area contributed by atoms with Crippen LogP contribution < -0.4 is 5.32 Å². The Bertz CT molecular complexity index is 350. The van der Waals surface area contributed by atoms with Crippen LogP contribution in [0.2, 0.25) is 0 Å². The summed E-state index contributed by atoms with van der Waals surface area (Å²) < 4.78 is 13.3. The van der Waals surface area contributed by atoms with E-state index in [9.17, 15) is 4.39 Å². The van der Waals surface area contributed by atoms with Crippen molar-refractivity contribution in [3.63, 3.8) is 0 Å². The molecule has 0 amide bonds. The summed E-state index contributed by atoms with van der Waals surface area (Å²) in [5.74, 6) is 0.595. The molecule has 0 spiro atoms. The second kappa shape index (κ2) is 6.71. The number of rotatable bonds is 6. The third-order valence-corrected chi connectivity index (χ3v) is 3.22. The lowest BCUT2D eigenvalue weighted by Crippen LogP contribution is -2.25. The zero-order valence-corrected chi connectivity index (χ0v) is 10.6. The van der Waals surface area contributed by atoms with Gasteiger partial charge in [-0.25, -0.2) is 4.39 Å². The molecule has 0 aliphatic heterocycles. The Morgan fingerprint density at radius 2 is 2.12 bits per heavy atom. The van der Waals surface area contributed by atoms with Gasteiger partial charge in [-0.3, -0.25) is 0 Å². The van der Waals surface area contributed by atoms with Crippen molar-refractivity contribution >= 4 is 11.8 Å². The van der Waals surface area contributed by atoms with Crippen LogP contribution in [0.25, 0.3) is 0 Å². The molecule has 0 radical (unpaired) electrons. The molecule has 88 valence electrons. The fourth-order valence-corrected chi connectivity index (χ4v) is 1.98. The van der Waals surface area contributed by atoms with E-state index in [1.165, 1.54) is 17.8 Å². The molecule has 1 N–H and O–H groups in total. The Kier molecular flexibility index (Phi) is 5.56. The van der Waals surface area contributed by atoms with Gasteiger partial charge in [-0.1, -0.05) is 38.1 Å². The second-order valence-electron chi connectivity index (χ2n) is 4.00. The monoisotopic (exact) mass is 239 g/mol. The molecular weight excluding hydrogens is 221 g/mol. The molecule has 1 aromatic rings. The van der Waals surface area contributed by atoms with Gasteiger partial charge in [0.15, 0.2) is 0 Å². The van der Waals surface area contributed by atoms with E-state index in [0.29, 0.717) is 10.9 Å². The average molecular weight is 239 g/mol. The molecule has 0 saturated carbocycles. The van der Waals surface area contributed by atoms with E-state index in [1.807, 2.05) is 6.07 Å². The van der Waals surface area contributed by atoms with Crippen molar-refractivity contribution in [2.24, 2.45) is 0 Å². The smallest absolute Gasteiger partial charge is 0.136 e. The van der Waals surface area contributed by atoms with Crippen LogP contribution in [-0.2, 0) is 0 Å². The highest BCUT2D eigenvalue weighted by molar-refractivity contribution is 7.99. The van der Waals surface area contributed by atoms with Crippen molar-refractivity contribution in [1.29, 1.82) is 0 Å². The van der Waals surface area contributed by atoms with E-state index in [4.69, 9.17) is 0 Å². The third-order valence-electron chi connectivity index (χ3n) is 2.03. The highest BCUT2D eigenvalue weighted by Crippen LogP contribution is 2.22. The number of thioether (sulfide) groups is 1. The van der Waals surface area contributed by atoms with E-state index >= 15 is 0 Å². The highest BCUT2D eigenvalue weighted by atomic mass is 32.2. The minimum Gasteiger partial charge on any atom is -0.311 e. The van der Waals surface area contributed by atoms with E-state index in [0.717, 1.165) is 17.9 Å². The van der Waals surface area contributed by atoms with Crippen LogP contribution in [0.4, 0.5) is 4.39 Å². The number of halogens is 1. The van der Waals surface area contributed by atoms with Gasteiger partial charge in [0.05, 0.1) is 0 Å². The van der Waals surface area contributed by atoms with Crippen LogP contribution in [0, 0.1) is 5.82 Å². The molecule has 0 bridgehead atoms. The summed E-state index contributed by atoms with van der Waals surface area (Å²) in [6.45, 7) is 8.95. The fourth-order valence-electron chi connectivity index (χ4n) is 1.14. The summed E-state index contributed by atoms with van der Waals surface area (Å²) in [6.07, 6.45) is 0. The van der Waals surface area contributed by atoms with Gasteiger partial charge in [-0.05, 0) is 12.1 Å². The molecule has 3 heteroatoms. The van der Waals surface area contributed by atoms with Gasteiger partial charge in [0.2, 0.25) is 0 Å². The minimum atomic E-state index is -0.155. The maximum atomic E-state index is 13.3. The number of benzene rings is 1. The molecule has 1 aromatic carbocycles. The summed E-state index contributed by atoms with van der Waals surface area (Å²) in [6, 6.07) is 7.28. The summed E-state index contributed by atoms with van der Waals surface area (Å²) in [7, 11) is 0. The van der Waals surface area contributed by atoms with Crippen LogP contribution >= 0.6 is 11.8 Å². The number of hydrogen-bond donors (Lipinski definition) is 1. The topological polar surface area (TPSA) is 12.0 Å². The summed E-state index contributed by atoms with van der Waals surface area (Å²) in [5, 5.41) is 3.29. The predicted molar refractivity (Wildman–Crippen MR) is 69.4 cm³/mol. The molecule has 0 unspecified atom stereocenters. The molecule has 1 rings (SSSR count). The van der Waals surface area contributed by atoms with Gasteiger partial charge >= 0.3 is 0 Å². The summed E-state index contributed by atoms with van der Waals surface area (Å²) in [4.78, 5) is 0.688. The Balaban J connectivity index is 2.35. The third kappa shape index (κ3) is 4.81. The lowest BCUT2D eigenvalue weighted by atomic mass is 10.3. The van der Waals surface area contributed by atoms with Gasteiger partial charge < -0.3 is 5.32 Å². The first-order valence-corrected chi connectivity index (χ1v) is 6.35. The van der Waals surface area contributed by atoms with Gasteiger partial charge in [-0.15, -0.1) is 11.8 Å². The van der Waals surface area contributed by atoms with Crippen LogP contribution in [0.1, 0.15) is 13.8 Å². The Morgan fingerprint density at radius 1 is 1.44 bits per heavy atom. The zero-order chi connectivity index (χ0) is 12.0.